The molecule has 0 aliphatic carbocycles. The first-order valence-electron chi connectivity index (χ1n) is 9.52. The summed E-state index contributed by atoms with van der Waals surface area (Å²) in [6.07, 6.45) is 1.43. The fourth-order valence-corrected chi connectivity index (χ4v) is 5.18. The van der Waals surface area contributed by atoms with E-state index in [0.717, 1.165) is 10.4 Å². The fourth-order valence-electron chi connectivity index (χ4n) is 3.32. The van der Waals surface area contributed by atoms with E-state index in [1.165, 1.54) is 39.2 Å². The Hall–Kier alpha value is -2.84. The van der Waals surface area contributed by atoms with Crippen LogP contribution in [0.15, 0.2) is 52.9 Å². The smallest absolute Gasteiger partial charge is 0.263 e. The molecule has 0 unspecified atom stereocenters. The highest BCUT2D eigenvalue weighted by Crippen LogP contribution is 2.34. The summed E-state index contributed by atoms with van der Waals surface area (Å²) >= 11 is 3.05. The molecule has 5 nitrogen and oxygen atoms in total. The van der Waals surface area contributed by atoms with Gasteiger partial charge in [-0.25, -0.2) is 9.37 Å². The summed E-state index contributed by atoms with van der Waals surface area (Å²) in [7, 11) is 0. The molecule has 0 N–H and O–H groups in total. The van der Waals surface area contributed by atoms with Gasteiger partial charge in [0.2, 0.25) is 5.91 Å². The zero-order valence-corrected chi connectivity index (χ0v) is 18.2. The fraction of sp³-hybridized carbons (Fsp3) is 0.227. The third-order valence-corrected chi connectivity index (χ3v) is 6.79. The van der Waals surface area contributed by atoms with E-state index < -0.39 is 0 Å². The highest BCUT2D eigenvalue weighted by Gasteiger charge is 2.18. The maximum atomic E-state index is 13.5. The number of nitrogens with zero attached hydrogens (tertiary/aromatic N) is 3. The lowest BCUT2D eigenvalue weighted by Gasteiger charge is -2.21. The van der Waals surface area contributed by atoms with Gasteiger partial charge >= 0.3 is 0 Å². The molecule has 0 spiro atoms. The number of likely N-dealkylation sites (N-methyl/N-ethyl adjacent to an activating group) is 1. The van der Waals surface area contributed by atoms with E-state index in [1.54, 1.807) is 28.4 Å². The second kappa shape index (κ2) is 8.49. The summed E-state index contributed by atoms with van der Waals surface area (Å²) in [4.78, 5) is 34.9. The van der Waals surface area contributed by atoms with Crippen molar-refractivity contribution in [1.29, 1.82) is 0 Å². The summed E-state index contributed by atoms with van der Waals surface area (Å²) in [6.45, 7) is 4.52. The first-order valence-corrected chi connectivity index (χ1v) is 11.2. The predicted octanol–water partition coefficient (Wildman–Crippen LogP) is 4.68. The van der Waals surface area contributed by atoms with Crippen LogP contribution in [0.1, 0.15) is 17.4 Å². The molecule has 4 rings (SSSR count). The van der Waals surface area contributed by atoms with Crippen molar-refractivity contribution in [3.63, 3.8) is 0 Å². The van der Waals surface area contributed by atoms with Gasteiger partial charge in [-0.15, -0.1) is 22.7 Å². The number of benzene rings is 1. The van der Waals surface area contributed by atoms with E-state index in [2.05, 4.69) is 4.98 Å². The van der Waals surface area contributed by atoms with Crippen molar-refractivity contribution in [3.05, 3.63) is 74.7 Å². The van der Waals surface area contributed by atoms with Crippen molar-refractivity contribution in [3.8, 4) is 10.4 Å². The van der Waals surface area contributed by atoms with Gasteiger partial charge in [-0.2, -0.15) is 0 Å². The zero-order valence-electron chi connectivity index (χ0n) is 16.6. The minimum atomic E-state index is -0.337. The van der Waals surface area contributed by atoms with Crippen molar-refractivity contribution in [1.82, 2.24) is 14.5 Å². The van der Waals surface area contributed by atoms with Gasteiger partial charge in [0.15, 0.2) is 0 Å². The molecule has 3 heterocycles. The van der Waals surface area contributed by atoms with Gasteiger partial charge in [0.1, 0.15) is 17.2 Å². The Morgan fingerprint density at radius 3 is 2.80 bits per heavy atom. The molecule has 0 aliphatic rings. The quantitative estimate of drug-likeness (QED) is 0.436. The number of halogens is 1. The summed E-state index contributed by atoms with van der Waals surface area (Å²) in [5.74, 6) is -0.551. The minimum absolute atomic E-state index is 0.107. The van der Waals surface area contributed by atoms with Crippen LogP contribution in [0.25, 0.3) is 20.7 Å². The molecule has 0 fully saturated rings. The van der Waals surface area contributed by atoms with E-state index in [1.807, 2.05) is 31.4 Å². The van der Waals surface area contributed by atoms with Crippen LogP contribution in [0, 0.1) is 12.7 Å². The molecule has 8 heteroatoms. The molecule has 1 aromatic carbocycles. The van der Waals surface area contributed by atoms with Crippen LogP contribution in [0.3, 0.4) is 0 Å². The van der Waals surface area contributed by atoms with Crippen LogP contribution >= 0.6 is 22.7 Å². The lowest BCUT2D eigenvalue weighted by Crippen LogP contribution is -2.36. The number of amides is 1. The monoisotopic (exact) mass is 441 g/mol. The van der Waals surface area contributed by atoms with Crippen LogP contribution in [-0.2, 0) is 17.9 Å². The van der Waals surface area contributed by atoms with E-state index in [0.29, 0.717) is 22.3 Å². The van der Waals surface area contributed by atoms with E-state index >= 15 is 0 Å². The Bertz CT molecular complexity index is 1270. The largest absolute Gasteiger partial charge is 0.337 e. The molecule has 0 aliphatic heterocycles. The molecule has 0 atom stereocenters. The first kappa shape index (κ1) is 20.4. The SMILES string of the molecule is CCN(Cc1cccc(F)c1)C(=O)Cn1cnc2scc(-c3ccc(C)s3)c2c1=O. The third-order valence-electron chi connectivity index (χ3n) is 4.87. The van der Waals surface area contributed by atoms with Crippen LogP contribution in [-0.4, -0.2) is 26.9 Å². The van der Waals surface area contributed by atoms with Crippen molar-refractivity contribution in [2.24, 2.45) is 0 Å². The van der Waals surface area contributed by atoms with Gasteiger partial charge in [0, 0.05) is 33.8 Å². The van der Waals surface area contributed by atoms with Gasteiger partial charge in [0.05, 0.1) is 11.7 Å². The number of carbonyl (C=O) groups is 1. The molecule has 0 saturated carbocycles. The second-order valence-electron chi connectivity index (χ2n) is 6.96. The standard InChI is InChI=1S/C22H20FN3O2S2/c1-3-25(10-15-5-4-6-16(23)9-15)19(27)11-26-13-24-21-20(22(26)28)17(12-29-21)18-8-7-14(2)30-18/h4-9,12-13H,3,10-11H2,1-2H3. The molecular weight excluding hydrogens is 421 g/mol. The Morgan fingerprint density at radius 1 is 1.27 bits per heavy atom. The molecule has 4 aromatic rings. The molecule has 30 heavy (non-hydrogen) atoms. The average Bonchev–Trinajstić information content (AvgIpc) is 3.34. The summed E-state index contributed by atoms with van der Waals surface area (Å²) in [6, 6.07) is 10.2. The van der Waals surface area contributed by atoms with Crippen LogP contribution in [0.5, 0.6) is 0 Å². The number of carbonyl (C=O) groups excluding carboxylic acids is 1. The van der Waals surface area contributed by atoms with Crippen molar-refractivity contribution in [2.45, 2.75) is 26.9 Å². The van der Waals surface area contributed by atoms with Gasteiger partial charge in [-0.3, -0.25) is 14.2 Å². The van der Waals surface area contributed by atoms with Crippen LogP contribution in [0.4, 0.5) is 4.39 Å². The topological polar surface area (TPSA) is 55.2 Å². The summed E-state index contributed by atoms with van der Waals surface area (Å²) in [5.41, 5.74) is 1.34. The minimum Gasteiger partial charge on any atom is -0.337 e. The summed E-state index contributed by atoms with van der Waals surface area (Å²) in [5, 5.41) is 2.49. The number of hydrogen-bond donors (Lipinski definition) is 0. The normalized spacial score (nSPS) is 11.2. The highest BCUT2D eigenvalue weighted by molar-refractivity contribution is 7.19. The maximum absolute atomic E-state index is 13.5. The number of aromatic nitrogens is 2. The molecule has 0 saturated heterocycles. The number of fused-ring (bicyclic) bond motifs is 1. The first-order chi connectivity index (χ1) is 14.5. The van der Waals surface area contributed by atoms with Crippen LogP contribution < -0.4 is 5.56 Å². The zero-order chi connectivity index (χ0) is 21.3. The predicted molar refractivity (Wildman–Crippen MR) is 119 cm³/mol. The highest BCUT2D eigenvalue weighted by atomic mass is 32.1. The molecule has 1 amide bonds. The Labute approximate surface area is 181 Å². The van der Waals surface area contributed by atoms with Gasteiger partial charge in [0.25, 0.3) is 5.56 Å². The molecule has 0 radical (unpaired) electrons. The molecular formula is C22H20FN3O2S2. The van der Waals surface area contributed by atoms with Gasteiger partial charge < -0.3 is 4.90 Å². The van der Waals surface area contributed by atoms with E-state index in [9.17, 15) is 14.0 Å². The average molecular weight is 442 g/mol. The van der Waals surface area contributed by atoms with Gasteiger partial charge in [-0.1, -0.05) is 12.1 Å². The molecule has 0 bridgehead atoms. The van der Waals surface area contributed by atoms with E-state index in [-0.39, 0.29) is 30.4 Å². The van der Waals surface area contributed by atoms with Crippen LogP contribution in [0.2, 0.25) is 0 Å². The Kier molecular flexibility index (Phi) is 5.78. The van der Waals surface area contributed by atoms with Crippen molar-refractivity contribution < 1.29 is 9.18 Å². The number of aryl methyl sites for hydroxylation is 1. The maximum Gasteiger partial charge on any atom is 0.263 e. The van der Waals surface area contributed by atoms with Gasteiger partial charge in [-0.05, 0) is 43.7 Å². The number of hydrogen-bond acceptors (Lipinski definition) is 5. The molecule has 154 valence electrons. The number of rotatable bonds is 6. The lowest BCUT2D eigenvalue weighted by molar-refractivity contribution is -0.132. The number of thiophene rings is 2. The lowest BCUT2D eigenvalue weighted by atomic mass is 10.2. The summed E-state index contributed by atoms with van der Waals surface area (Å²) < 4.78 is 14.8. The van der Waals surface area contributed by atoms with Crippen molar-refractivity contribution in [2.75, 3.05) is 6.54 Å². The Balaban J connectivity index is 1.62. The van der Waals surface area contributed by atoms with E-state index in [4.69, 9.17) is 0 Å². The second-order valence-corrected chi connectivity index (χ2v) is 9.10. The molecule has 3 aromatic heterocycles. The third kappa shape index (κ3) is 4.06. The Morgan fingerprint density at radius 2 is 2.10 bits per heavy atom. The van der Waals surface area contributed by atoms with Crippen molar-refractivity contribution >= 4 is 38.8 Å².